The fourth-order valence-electron chi connectivity index (χ4n) is 1.21. The van der Waals surface area contributed by atoms with Crippen molar-refractivity contribution >= 4 is 18.5 Å². The van der Waals surface area contributed by atoms with Crippen LogP contribution in [0, 0.1) is 0 Å². The summed E-state index contributed by atoms with van der Waals surface area (Å²) in [6.45, 7) is 6.68. The minimum absolute atomic E-state index is 0.636. The van der Waals surface area contributed by atoms with Crippen molar-refractivity contribution in [1.29, 1.82) is 0 Å². The summed E-state index contributed by atoms with van der Waals surface area (Å²) in [6.07, 6.45) is 1.11. The molecule has 0 heterocycles. The SMILES string of the molecule is CC(Cc1ccccc1)[Si](C)(C)Cl. The second kappa shape index (κ2) is 4.29. The summed E-state index contributed by atoms with van der Waals surface area (Å²) in [5, 5.41) is 0. The van der Waals surface area contributed by atoms with Crippen molar-refractivity contribution in [2.45, 2.75) is 32.0 Å². The molecule has 0 aliphatic heterocycles. The summed E-state index contributed by atoms with van der Waals surface area (Å²) >= 11 is 6.37. The Bertz CT molecular complexity index is 251. The lowest BCUT2D eigenvalue weighted by atomic mass is 10.1. The molecule has 1 unspecified atom stereocenters. The van der Waals surface area contributed by atoms with Gasteiger partial charge in [0.05, 0.1) is 0 Å². The first-order valence-electron chi connectivity index (χ1n) is 4.73. The van der Waals surface area contributed by atoms with Crippen molar-refractivity contribution in [2.24, 2.45) is 0 Å². The van der Waals surface area contributed by atoms with Crippen LogP contribution in [0.3, 0.4) is 0 Å². The summed E-state index contributed by atoms with van der Waals surface area (Å²) in [6, 6.07) is 10.6. The van der Waals surface area contributed by atoms with E-state index in [-0.39, 0.29) is 0 Å². The lowest BCUT2D eigenvalue weighted by Gasteiger charge is -2.22. The molecule has 0 N–H and O–H groups in total. The largest absolute Gasteiger partial charge is 0.167 e. The number of benzene rings is 1. The molecule has 0 aliphatic rings. The zero-order valence-corrected chi connectivity index (χ0v) is 10.3. The van der Waals surface area contributed by atoms with Gasteiger partial charge in [-0.05, 0) is 17.5 Å². The molecule has 72 valence electrons. The molecule has 0 amide bonds. The van der Waals surface area contributed by atoms with Crippen LogP contribution in [-0.4, -0.2) is 7.38 Å². The summed E-state index contributed by atoms with van der Waals surface area (Å²) in [7, 11) is -1.47. The molecule has 2 heteroatoms. The normalized spacial score (nSPS) is 14.2. The Morgan fingerprint density at radius 2 is 1.77 bits per heavy atom. The Morgan fingerprint density at radius 1 is 1.23 bits per heavy atom. The van der Waals surface area contributed by atoms with Crippen molar-refractivity contribution < 1.29 is 0 Å². The lowest BCUT2D eigenvalue weighted by Crippen LogP contribution is -2.24. The van der Waals surface area contributed by atoms with Gasteiger partial charge < -0.3 is 0 Å². The van der Waals surface area contributed by atoms with Gasteiger partial charge in [-0.2, -0.15) is 11.1 Å². The molecule has 0 fully saturated rings. The fraction of sp³-hybridized carbons (Fsp3) is 0.455. The van der Waals surface area contributed by atoms with Crippen LogP contribution in [0.4, 0.5) is 0 Å². The summed E-state index contributed by atoms with van der Waals surface area (Å²) in [5.41, 5.74) is 2.03. The minimum atomic E-state index is -1.47. The van der Waals surface area contributed by atoms with Gasteiger partial charge in [0.2, 0.25) is 0 Å². The van der Waals surface area contributed by atoms with Gasteiger partial charge in [-0.1, -0.05) is 50.3 Å². The molecule has 0 radical (unpaired) electrons. The molecule has 0 aromatic heterocycles. The monoisotopic (exact) mass is 212 g/mol. The first-order chi connectivity index (χ1) is 6.00. The molecule has 13 heavy (non-hydrogen) atoms. The van der Waals surface area contributed by atoms with Crippen LogP contribution >= 0.6 is 11.1 Å². The molecule has 0 bridgehead atoms. The van der Waals surface area contributed by atoms with Crippen LogP contribution in [0.15, 0.2) is 30.3 Å². The van der Waals surface area contributed by atoms with Gasteiger partial charge in [0, 0.05) is 0 Å². The second-order valence-corrected chi connectivity index (χ2v) is 11.2. The Labute approximate surface area is 86.6 Å². The molecule has 0 saturated heterocycles. The van der Waals surface area contributed by atoms with Crippen molar-refractivity contribution in [2.75, 3.05) is 0 Å². The van der Waals surface area contributed by atoms with E-state index in [1.165, 1.54) is 5.56 Å². The van der Waals surface area contributed by atoms with E-state index in [9.17, 15) is 0 Å². The standard InChI is InChI=1S/C11H17ClSi/c1-10(13(2,3)12)9-11-7-5-4-6-8-11/h4-8,10H,9H2,1-3H3. The number of rotatable bonds is 3. The van der Waals surface area contributed by atoms with Crippen LogP contribution < -0.4 is 0 Å². The van der Waals surface area contributed by atoms with Crippen molar-refractivity contribution in [3.05, 3.63) is 35.9 Å². The first kappa shape index (κ1) is 10.8. The molecule has 1 rings (SSSR count). The van der Waals surface area contributed by atoms with Crippen LogP contribution in [0.5, 0.6) is 0 Å². The Morgan fingerprint density at radius 3 is 2.23 bits per heavy atom. The third-order valence-electron chi connectivity index (χ3n) is 2.56. The highest BCUT2D eigenvalue weighted by Crippen LogP contribution is 2.28. The highest BCUT2D eigenvalue weighted by atomic mass is 35.6. The average Bonchev–Trinajstić information content (AvgIpc) is 2.04. The topological polar surface area (TPSA) is 0 Å². The molecule has 0 saturated carbocycles. The van der Waals surface area contributed by atoms with Crippen molar-refractivity contribution in [1.82, 2.24) is 0 Å². The van der Waals surface area contributed by atoms with E-state index in [0.717, 1.165) is 6.42 Å². The van der Waals surface area contributed by atoms with Crippen LogP contribution in [0.1, 0.15) is 12.5 Å². The number of hydrogen-bond acceptors (Lipinski definition) is 0. The second-order valence-electron chi connectivity index (χ2n) is 4.16. The molecule has 1 aromatic rings. The molecule has 1 aromatic carbocycles. The van der Waals surface area contributed by atoms with E-state index in [1.54, 1.807) is 0 Å². The van der Waals surface area contributed by atoms with Gasteiger partial charge in [-0.15, -0.1) is 0 Å². The Balaban J connectivity index is 2.61. The minimum Gasteiger partial charge on any atom is -0.167 e. The summed E-state index contributed by atoms with van der Waals surface area (Å²) < 4.78 is 0. The molecular formula is C11H17ClSi. The predicted octanol–water partition coefficient (Wildman–Crippen LogP) is 4.06. The van der Waals surface area contributed by atoms with Crippen molar-refractivity contribution in [3.8, 4) is 0 Å². The van der Waals surface area contributed by atoms with Crippen LogP contribution in [0.2, 0.25) is 18.6 Å². The number of halogens is 1. The van der Waals surface area contributed by atoms with Gasteiger partial charge in [0.1, 0.15) is 0 Å². The molecular weight excluding hydrogens is 196 g/mol. The lowest BCUT2D eigenvalue weighted by molar-refractivity contribution is 0.886. The first-order valence-corrected chi connectivity index (χ1v) is 8.82. The zero-order valence-electron chi connectivity index (χ0n) is 8.55. The third kappa shape index (κ3) is 3.53. The summed E-state index contributed by atoms with van der Waals surface area (Å²) in [5.74, 6) is 0. The van der Waals surface area contributed by atoms with Crippen LogP contribution in [-0.2, 0) is 6.42 Å². The van der Waals surface area contributed by atoms with E-state index in [4.69, 9.17) is 11.1 Å². The summed E-state index contributed by atoms with van der Waals surface area (Å²) in [4.78, 5) is 0. The van der Waals surface area contributed by atoms with Gasteiger partial charge >= 0.3 is 0 Å². The Hall–Kier alpha value is -0.273. The van der Waals surface area contributed by atoms with Gasteiger partial charge in [-0.25, -0.2) is 0 Å². The predicted molar refractivity (Wildman–Crippen MR) is 62.9 cm³/mol. The quantitative estimate of drug-likeness (QED) is 0.524. The van der Waals surface area contributed by atoms with E-state index >= 15 is 0 Å². The number of hydrogen-bond donors (Lipinski definition) is 0. The highest BCUT2D eigenvalue weighted by molar-refractivity contribution is 7.19. The molecule has 1 atom stereocenters. The van der Waals surface area contributed by atoms with Gasteiger partial charge in [-0.3, -0.25) is 0 Å². The van der Waals surface area contributed by atoms with E-state index < -0.39 is 7.38 Å². The van der Waals surface area contributed by atoms with E-state index in [0.29, 0.717) is 5.54 Å². The third-order valence-corrected chi connectivity index (χ3v) is 6.22. The Kier molecular flexibility index (Phi) is 3.57. The smallest absolute Gasteiger partial charge is 0.153 e. The van der Waals surface area contributed by atoms with Gasteiger partial charge in [0.15, 0.2) is 7.38 Å². The average molecular weight is 213 g/mol. The maximum absolute atomic E-state index is 6.37. The van der Waals surface area contributed by atoms with Crippen LogP contribution in [0.25, 0.3) is 0 Å². The molecule has 0 aliphatic carbocycles. The molecule has 0 nitrogen and oxygen atoms in total. The van der Waals surface area contributed by atoms with Gasteiger partial charge in [0.25, 0.3) is 0 Å². The fourth-order valence-corrected chi connectivity index (χ4v) is 2.16. The van der Waals surface area contributed by atoms with Crippen molar-refractivity contribution in [3.63, 3.8) is 0 Å². The molecule has 0 spiro atoms. The van der Waals surface area contributed by atoms with E-state index in [1.807, 2.05) is 0 Å². The maximum Gasteiger partial charge on any atom is 0.153 e. The maximum atomic E-state index is 6.37. The zero-order chi connectivity index (χ0) is 9.90. The highest BCUT2D eigenvalue weighted by Gasteiger charge is 2.25. The van der Waals surface area contributed by atoms with E-state index in [2.05, 4.69) is 50.3 Å².